The maximum absolute atomic E-state index is 11.7. The van der Waals surface area contributed by atoms with Gasteiger partial charge in [-0.3, -0.25) is 9.69 Å². The summed E-state index contributed by atoms with van der Waals surface area (Å²) in [5.74, 6) is 1.28. The smallest absolute Gasteiger partial charge is 0.209 e. The van der Waals surface area contributed by atoms with E-state index in [1.165, 1.54) is 54.4 Å². The molecule has 1 N–H and O–H groups in total. The predicted octanol–water partition coefficient (Wildman–Crippen LogP) is 3.10. The van der Waals surface area contributed by atoms with E-state index in [1.807, 2.05) is 0 Å². The van der Waals surface area contributed by atoms with Crippen LogP contribution in [0.2, 0.25) is 0 Å². The molecule has 25 heavy (non-hydrogen) atoms. The number of likely N-dealkylation sites (tertiary alicyclic amines) is 1. The Hall–Kier alpha value is -1.81. The SMILES string of the molecule is O=CN1CCC[C@H]2[C@@H]1[C@@H]1CC[C@@H]2N2CCc3c([nH]c4ccccc34)[C@H]12. The van der Waals surface area contributed by atoms with E-state index in [4.69, 9.17) is 0 Å². The lowest BCUT2D eigenvalue weighted by molar-refractivity contribution is -0.149. The van der Waals surface area contributed by atoms with Crippen LogP contribution in [-0.2, 0) is 11.2 Å². The number of hydrogen-bond acceptors (Lipinski definition) is 2. The molecule has 3 saturated heterocycles. The molecule has 0 spiro atoms. The molecule has 2 bridgehead atoms. The molecule has 4 fully saturated rings. The van der Waals surface area contributed by atoms with E-state index in [1.54, 1.807) is 0 Å². The molecule has 1 saturated carbocycles. The summed E-state index contributed by atoms with van der Waals surface area (Å²) in [5, 5.41) is 1.41. The predicted molar refractivity (Wildman–Crippen MR) is 97.2 cm³/mol. The Kier molecular flexibility index (Phi) is 2.93. The number of aromatic nitrogens is 1. The number of fused-ring (bicyclic) bond motifs is 4. The van der Waals surface area contributed by atoms with Crippen molar-refractivity contribution in [2.24, 2.45) is 11.8 Å². The summed E-state index contributed by atoms with van der Waals surface area (Å²) in [6.07, 6.45) is 7.37. The van der Waals surface area contributed by atoms with Gasteiger partial charge in [0.05, 0.1) is 6.04 Å². The highest BCUT2D eigenvalue weighted by atomic mass is 16.1. The summed E-state index contributed by atoms with van der Waals surface area (Å²) in [7, 11) is 0. The first-order valence-corrected chi connectivity index (χ1v) is 9.93. The van der Waals surface area contributed by atoms with Crippen molar-refractivity contribution >= 4 is 17.3 Å². The van der Waals surface area contributed by atoms with Crippen molar-refractivity contribution in [3.63, 3.8) is 0 Å². The van der Waals surface area contributed by atoms with Crippen LogP contribution in [0.5, 0.6) is 0 Å². The summed E-state index contributed by atoms with van der Waals surface area (Å²) in [4.78, 5) is 20.5. The van der Waals surface area contributed by atoms with E-state index in [-0.39, 0.29) is 0 Å². The van der Waals surface area contributed by atoms with Crippen molar-refractivity contribution in [3.05, 3.63) is 35.5 Å². The zero-order valence-corrected chi connectivity index (χ0v) is 14.5. The third-order valence-corrected chi connectivity index (χ3v) is 7.59. The van der Waals surface area contributed by atoms with Crippen molar-refractivity contribution in [1.82, 2.24) is 14.8 Å². The van der Waals surface area contributed by atoms with Gasteiger partial charge in [0, 0.05) is 47.7 Å². The molecule has 5 heterocycles. The van der Waals surface area contributed by atoms with Crippen LogP contribution in [0.3, 0.4) is 0 Å². The number of para-hydroxylation sites is 1. The Morgan fingerprint density at radius 2 is 2.00 bits per heavy atom. The van der Waals surface area contributed by atoms with Gasteiger partial charge in [-0.25, -0.2) is 0 Å². The van der Waals surface area contributed by atoms with E-state index >= 15 is 0 Å². The third kappa shape index (κ3) is 1.78. The zero-order chi connectivity index (χ0) is 16.5. The molecule has 7 rings (SSSR count). The second-order valence-corrected chi connectivity index (χ2v) is 8.44. The van der Waals surface area contributed by atoms with Gasteiger partial charge >= 0.3 is 0 Å². The Balaban J connectivity index is 1.50. The Morgan fingerprint density at radius 3 is 2.92 bits per heavy atom. The van der Waals surface area contributed by atoms with Gasteiger partial charge in [0.15, 0.2) is 0 Å². The number of carbonyl (C=O) groups excluding carboxylic acids is 1. The van der Waals surface area contributed by atoms with Gasteiger partial charge < -0.3 is 9.88 Å². The van der Waals surface area contributed by atoms with Crippen molar-refractivity contribution in [1.29, 1.82) is 0 Å². The number of aromatic amines is 1. The molecule has 4 heteroatoms. The number of piperidine rings is 3. The second-order valence-electron chi connectivity index (χ2n) is 8.44. The molecular weight excluding hydrogens is 310 g/mol. The highest BCUT2D eigenvalue weighted by molar-refractivity contribution is 5.85. The molecule has 0 radical (unpaired) electrons. The van der Waals surface area contributed by atoms with Crippen molar-refractivity contribution < 1.29 is 4.79 Å². The highest BCUT2D eigenvalue weighted by Crippen LogP contribution is 2.55. The van der Waals surface area contributed by atoms with Crippen LogP contribution in [0, 0.1) is 11.8 Å². The molecule has 1 aromatic heterocycles. The lowest BCUT2D eigenvalue weighted by Crippen LogP contribution is -2.67. The minimum atomic E-state index is 0.462. The van der Waals surface area contributed by atoms with E-state index < -0.39 is 0 Å². The number of amides is 1. The zero-order valence-electron chi connectivity index (χ0n) is 14.5. The quantitative estimate of drug-likeness (QED) is 0.814. The molecule has 5 atom stereocenters. The van der Waals surface area contributed by atoms with Gasteiger partial charge in [0.25, 0.3) is 0 Å². The fourth-order valence-corrected chi connectivity index (χ4v) is 6.81. The average Bonchev–Trinajstić information content (AvgIpc) is 3.06. The number of benzene rings is 1. The number of carbonyl (C=O) groups is 1. The topological polar surface area (TPSA) is 39.3 Å². The van der Waals surface area contributed by atoms with Crippen LogP contribution >= 0.6 is 0 Å². The summed E-state index contributed by atoms with van der Waals surface area (Å²) >= 11 is 0. The van der Waals surface area contributed by atoms with E-state index in [9.17, 15) is 4.79 Å². The Labute approximate surface area is 148 Å². The first-order valence-electron chi connectivity index (χ1n) is 9.93. The third-order valence-electron chi connectivity index (χ3n) is 7.59. The molecule has 1 aromatic carbocycles. The van der Waals surface area contributed by atoms with Crippen molar-refractivity contribution in [3.8, 4) is 0 Å². The molecule has 2 aromatic rings. The summed E-state index contributed by atoms with van der Waals surface area (Å²) in [6.45, 7) is 2.14. The summed E-state index contributed by atoms with van der Waals surface area (Å²) in [6, 6.07) is 10.4. The van der Waals surface area contributed by atoms with Gasteiger partial charge in [0.2, 0.25) is 6.41 Å². The molecule has 130 valence electrons. The molecule has 4 nitrogen and oxygen atoms in total. The normalized spacial score (nSPS) is 36.8. The lowest BCUT2D eigenvalue weighted by atomic mass is 9.61. The van der Waals surface area contributed by atoms with Gasteiger partial charge in [0.1, 0.15) is 0 Å². The van der Waals surface area contributed by atoms with E-state index in [0.29, 0.717) is 30.0 Å². The molecule has 1 aliphatic carbocycles. The van der Waals surface area contributed by atoms with Gasteiger partial charge in [-0.15, -0.1) is 0 Å². The van der Waals surface area contributed by atoms with Gasteiger partial charge in [-0.2, -0.15) is 0 Å². The van der Waals surface area contributed by atoms with Crippen molar-refractivity contribution in [2.75, 3.05) is 13.1 Å². The van der Waals surface area contributed by atoms with Crippen molar-refractivity contribution in [2.45, 2.75) is 50.2 Å². The highest BCUT2D eigenvalue weighted by Gasteiger charge is 2.57. The monoisotopic (exact) mass is 335 g/mol. The second kappa shape index (κ2) is 5.10. The molecule has 5 aliphatic rings. The fraction of sp³-hybridized carbons (Fsp3) is 0.571. The molecule has 1 amide bonds. The average molecular weight is 335 g/mol. The van der Waals surface area contributed by atoms with Crippen LogP contribution < -0.4 is 0 Å². The molecule has 4 aliphatic heterocycles. The first-order chi connectivity index (χ1) is 12.4. The minimum absolute atomic E-state index is 0.462. The Morgan fingerprint density at radius 1 is 1.08 bits per heavy atom. The number of nitrogens with zero attached hydrogens (tertiary/aromatic N) is 2. The molecular formula is C21H25N3O. The van der Waals surface area contributed by atoms with E-state index in [2.05, 4.69) is 39.0 Å². The van der Waals surface area contributed by atoms with Gasteiger partial charge in [-0.1, -0.05) is 18.2 Å². The van der Waals surface area contributed by atoms with Crippen LogP contribution in [0.1, 0.15) is 43.0 Å². The maximum Gasteiger partial charge on any atom is 0.209 e. The van der Waals surface area contributed by atoms with Crippen LogP contribution in [0.25, 0.3) is 10.9 Å². The standard InChI is InChI=1S/C21H25N3O/c25-12-23-10-3-5-15-18-8-7-16(20(15)23)21-19-14(9-11-24(18)21)13-4-1-2-6-17(13)22-19/h1-2,4,6,12,15-16,18,20-22H,3,5,7-11H2/t15-,16+,18+,20-,21+/m1/s1. The van der Waals surface area contributed by atoms with Gasteiger partial charge in [-0.05, 0) is 49.7 Å². The first kappa shape index (κ1) is 14.4. The molecule has 0 unspecified atom stereocenters. The minimum Gasteiger partial charge on any atom is -0.357 e. The van der Waals surface area contributed by atoms with Crippen LogP contribution in [0.15, 0.2) is 24.3 Å². The van der Waals surface area contributed by atoms with E-state index in [0.717, 1.165) is 19.4 Å². The maximum atomic E-state index is 11.7. The number of H-pyrrole nitrogens is 1. The number of nitrogens with one attached hydrogen (secondary N) is 1. The Bertz CT molecular complexity index is 843. The number of hydrogen-bond donors (Lipinski definition) is 1. The number of rotatable bonds is 1. The van der Waals surface area contributed by atoms with Crippen LogP contribution in [-0.4, -0.2) is 46.4 Å². The van der Waals surface area contributed by atoms with Crippen LogP contribution in [0.4, 0.5) is 0 Å². The summed E-state index contributed by atoms with van der Waals surface area (Å²) < 4.78 is 0. The largest absolute Gasteiger partial charge is 0.357 e. The summed E-state index contributed by atoms with van der Waals surface area (Å²) in [5.41, 5.74) is 4.27. The lowest BCUT2D eigenvalue weighted by Gasteiger charge is -2.63. The fourth-order valence-electron chi connectivity index (χ4n) is 6.81.